The molecule has 0 radical (unpaired) electrons. The molecule has 3 rings (SSSR count). The summed E-state index contributed by atoms with van der Waals surface area (Å²) < 4.78 is 9.47. The number of fused-ring (bicyclic) bond motifs is 2. The maximum Gasteiger partial charge on any atom is 0.0824 e. The molecule has 1 nitrogen and oxygen atoms in total. The summed E-state index contributed by atoms with van der Waals surface area (Å²) in [5, 5.41) is 2.07. The van der Waals surface area contributed by atoms with E-state index < -0.39 is 10.7 Å². The molecule has 2 aromatic rings. The van der Waals surface area contributed by atoms with Crippen molar-refractivity contribution >= 4 is 46.6 Å². The SMILES string of the molecule is Cl.N=S1c2ccccc2C=Cc2ccsc21. The van der Waals surface area contributed by atoms with E-state index in [2.05, 4.69) is 35.7 Å². The summed E-state index contributed by atoms with van der Waals surface area (Å²) in [6.45, 7) is 0. The predicted octanol–water partition coefficient (Wildman–Crippen LogP) is 4.45. The van der Waals surface area contributed by atoms with E-state index >= 15 is 0 Å². The maximum atomic E-state index is 8.29. The minimum Gasteiger partial charge on any atom is -0.270 e. The van der Waals surface area contributed by atoms with E-state index in [0.29, 0.717) is 0 Å². The number of benzene rings is 1. The van der Waals surface area contributed by atoms with Crippen molar-refractivity contribution in [2.45, 2.75) is 9.10 Å². The van der Waals surface area contributed by atoms with Crippen LogP contribution in [0.25, 0.3) is 12.2 Å². The lowest BCUT2D eigenvalue weighted by atomic mass is 10.2. The van der Waals surface area contributed by atoms with Crippen molar-refractivity contribution in [3.05, 3.63) is 46.8 Å². The molecule has 0 spiro atoms. The Kier molecular flexibility index (Phi) is 3.28. The van der Waals surface area contributed by atoms with Crippen LogP contribution >= 0.6 is 23.7 Å². The van der Waals surface area contributed by atoms with Gasteiger partial charge in [0.15, 0.2) is 0 Å². The standard InChI is InChI=1S/C12H9NS2.ClH/c13-15-11-4-2-1-3-9(11)5-6-10-7-8-14-12(10)15;/h1-8,13H;1H. The molecule has 0 fully saturated rings. The lowest BCUT2D eigenvalue weighted by molar-refractivity contribution is 1.39. The highest BCUT2D eigenvalue weighted by atomic mass is 35.5. The molecule has 2 heterocycles. The first-order valence-corrected chi connectivity index (χ1v) is 6.77. The molecule has 1 aromatic carbocycles. The van der Waals surface area contributed by atoms with Crippen LogP contribution in [0.1, 0.15) is 11.1 Å². The highest BCUT2D eigenvalue weighted by Crippen LogP contribution is 2.32. The Morgan fingerprint density at radius 3 is 2.62 bits per heavy atom. The van der Waals surface area contributed by atoms with Gasteiger partial charge in [-0.2, -0.15) is 0 Å². The summed E-state index contributed by atoms with van der Waals surface area (Å²) in [6, 6.07) is 10.3. The zero-order valence-electron chi connectivity index (χ0n) is 8.34. The van der Waals surface area contributed by atoms with Crippen molar-refractivity contribution in [2.24, 2.45) is 0 Å². The molecule has 0 aliphatic carbocycles. The van der Waals surface area contributed by atoms with Crippen LogP contribution in [0.15, 0.2) is 44.8 Å². The number of thiophene rings is 1. The van der Waals surface area contributed by atoms with Crippen molar-refractivity contribution in [2.75, 3.05) is 0 Å². The van der Waals surface area contributed by atoms with Gasteiger partial charge in [-0.3, -0.25) is 4.78 Å². The van der Waals surface area contributed by atoms with Gasteiger partial charge in [0.1, 0.15) is 0 Å². The molecule has 0 saturated carbocycles. The molecule has 16 heavy (non-hydrogen) atoms. The van der Waals surface area contributed by atoms with Crippen LogP contribution < -0.4 is 0 Å². The van der Waals surface area contributed by atoms with Gasteiger partial charge in [-0.15, -0.1) is 23.7 Å². The van der Waals surface area contributed by atoms with Gasteiger partial charge in [-0.25, -0.2) is 0 Å². The smallest absolute Gasteiger partial charge is 0.0824 e. The molecule has 82 valence electrons. The Bertz CT molecular complexity index is 572. The minimum absolute atomic E-state index is 0. The molecular weight excluding hydrogens is 258 g/mol. The zero-order chi connectivity index (χ0) is 10.3. The van der Waals surface area contributed by atoms with Crippen LogP contribution in [-0.2, 0) is 10.7 Å². The monoisotopic (exact) mass is 267 g/mol. The molecule has 0 bridgehead atoms. The largest absolute Gasteiger partial charge is 0.270 e. The molecule has 4 heteroatoms. The van der Waals surface area contributed by atoms with Gasteiger partial charge >= 0.3 is 0 Å². The van der Waals surface area contributed by atoms with Gasteiger partial charge < -0.3 is 0 Å². The second-order valence-corrected chi connectivity index (χ2v) is 5.98. The van der Waals surface area contributed by atoms with E-state index in [4.69, 9.17) is 4.78 Å². The topological polar surface area (TPSA) is 23.9 Å². The first kappa shape index (κ1) is 11.6. The van der Waals surface area contributed by atoms with Crippen LogP contribution in [0.2, 0.25) is 0 Å². The average molecular weight is 268 g/mol. The van der Waals surface area contributed by atoms with Gasteiger partial charge in [0.25, 0.3) is 0 Å². The average Bonchev–Trinajstić information content (AvgIpc) is 2.69. The van der Waals surface area contributed by atoms with E-state index in [-0.39, 0.29) is 12.4 Å². The summed E-state index contributed by atoms with van der Waals surface area (Å²) in [6.07, 6.45) is 4.23. The number of nitrogens with one attached hydrogen (secondary N) is 1. The molecule has 1 unspecified atom stereocenters. The van der Waals surface area contributed by atoms with Crippen LogP contribution in [0, 0.1) is 4.78 Å². The number of halogens is 1. The van der Waals surface area contributed by atoms with Crippen molar-refractivity contribution in [1.29, 1.82) is 4.78 Å². The highest BCUT2D eigenvalue weighted by molar-refractivity contribution is 7.88. The van der Waals surface area contributed by atoms with Crippen molar-refractivity contribution < 1.29 is 0 Å². The molecule has 0 saturated heterocycles. The summed E-state index contributed by atoms with van der Waals surface area (Å²) >= 11 is 1.68. The normalized spacial score (nSPS) is 16.9. The van der Waals surface area contributed by atoms with Gasteiger partial charge in [0, 0.05) is 10.5 Å². The third-order valence-corrected chi connectivity index (χ3v) is 5.35. The van der Waals surface area contributed by atoms with E-state index in [1.807, 2.05) is 12.1 Å². The number of rotatable bonds is 0. The Morgan fingerprint density at radius 2 is 1.75 bits per heavy atom. The van der Waals surface area contributed by atoms with Crippen LogP contribution in [0.4, 0.5) is 0 Å². The van der Waals surface area contributed by atoms with Gasteiger partial charge in [0.2, 0.25) is 0 Å². The van der Waals surface area contributed by atoms with Gasteiger partial charge in [-0.05, 0) is 33.8 Å². The first-order chi connectivity index (χ1) is 7.36. The lowest BCUT2D eigenvalue weighted by Gasteiger charge is -2.05. The van der Waals surface area contributed by atoms with E-state index in [0.717, 1.165) is 4.90 Å². The molecular formula is C12H10ClNS2. The summed E-state index contributed by atoms with van der Waals surface area (Å²) in [4.78, 5) is 1.13. The fourth-order valence-electron chi connectivity index (χ4n) is 1.68. The highest BCUT2D eigenvalue weighted by Gasteiger charge is 2.14. The second-order valence-electron chi connectivity index (χ2n) is 3.34. The van der Waals surface area contributed by atoms with E-state index in [1.165, 1.54) is 15.3 Å². The van der Waals surface area contributed by atoms with Crippen LogP contribution in [0.5, 0.6) is 0 Å². The van der Waals surface area contributed by atoms with Crippen molar-refractivity contribution in [3.8, 4) is 0 Å². The molecule has 0 amide bonds. The summed E-state index contributed by atoms with van der Waals surface area (Å²) in [7, 11) is -0.520. The quantitative estimate of drug-likeness (QED) is 0.622. The molecule has 1 aromatic heterocycles. The Morgan fingerprint density at radius 1 is 1.00 bits per heavy atom. The number of hydrogen-bond acceptors (Lipinski definition) is 2. The minimum atomic E-state index is -0.520. The third-order valence-electron chi connectivity index (χ3n) is 2.43. The maximum absolute atomic E-state index is 8.29. The second kappa shape index (κ2) is 4.53. The molecule has 1 aliphatic rings. The Labute approximate surface area is 107 Å². The molecule has 1 N–H and O–H groups in total. The summed E-state index contributed by atoms with van der Waals surface area (Å²) in [5.41, 5.74) is 2.38. The molecule has 1 aliphatic heterocycles. The third kappa shape index (κ3) is 1.75. The number of hydrogen-bond donors (Lipinski definition) is 1. The van der Waals surface area contributed by atoms with Crippen LogP contribution in [-0.4, -0.2) is 0 Å². The first-order valence-electron chi connectivity index (χ1n) is 4.66. The Balaban J connectivity index is 0.000000963. The summed E-state index contributed by atoms with van der Waals surface area (Å²) in [5.74, 6) is 0. The van der Waals surface area contributed by atoms with E-state index in [9.17, 15) is 0 Å². The predicted molar refractivity (Wildman–Crippen MR) is 73.6 cm³/mol. The molecule has 1 atom stereocenters. The fourth-order valence-corrected chi connectivity index (χ4v) is 4.27. The van der Waals surface area contributed by atoms with Gasteiger partial charge in [0.05, 0.1) is 4.21 Å². The van der Waals surface area contributed by atoms with E-state index in [1.54, 1.807) is 11.3 Å². The van der Waals surface area contributed by atoms with Gasteiger partial charge in [-0.1, -0.05) is 30.4 Å². The van der Waals surface area contributed by atoms with Crippen molar-refractivity contribution in [1.82, 2.24) is 0 Å². The Hall–Kier alpha value is -0.900. The lowest BCUT2D eigenvalue weighted by Crippen LogP contribution is -1.90. The zero-order valence-corrected chi connectivity index (χ0v) is 10.8. The fraction of sp³-hybridized carbons (Fsp3) is 0. The van der Waals surface area contributed by atoms with Crippen molar-refractivity contribution in [3.63, 3.8) is 0 Å². The van der Waals surface area contributed by atoms with Crippen LogP contribution in [0.3, 0.4) is 0 Å².